The van der Waals surface area contributed by atoms with Gasteiger partial charge in [0.1, 0.15) is 0 Å². The largest absolute Gasteiger partial charge is 0.391 e. The molecule has 0 aromatic rings. The number of aliphatic hydroxyl groups is 1. The van der Waals surface area contributed by atoms with Crippen LogP contribution in [0.15, 0.2) is 12.7 Å². The first-order valence-electron chi connectivity index (χ1n) is 4.29. The molecule has 68 valence electrons. The molecule has 0 aliphatic heterocycles. The van der Waals surface area contributed by atoms with Gasteiger partial charge in [-0.1, -0.05) is 6.08 Å². The van der Waals surface area contributed by atoms with Gasteiger partial charge in [0.25, 0.3) is 0 Å². The van der Waals surface area contributed by atoms with Gasteiger partial charge in [-0.05, 0) is 18.8 Å². The molecule has 1 amide bonds. The van der Waals surface area contributed by atoms with E-state index in [1.165, 1.54) is 0 Å². The third kappa shape index (κ3) is 3.05. The molecule has 1 saturated carbocycles. The Morgan fingerprint density at radius 1 is 1.75 bits per heavy atom. The van der Waals surface area contributed by atoms with Crippen molar-refractivity contribution in [2.24, 2.45) is 5.92 Å². The van der Waals surface area contributed by atoms with Crippen LogP contribution in [-0.4, -0.2) is 23.7 Å². The third-order valence-electron chi connectivity index (χ3n) is 2.00. The van der Waals surface area contributed by atoms with Gasteiger partial charge in [-0.15, -0.1) is 6.58 Å². The van der Waals surface area contributed by atoms with Gasteiger partial charge in [0.2, 0.25) is 5.91 Å². The molecule has 1 unspecified atom stereocenters. The zero-order chi connectivity index (χ0) is 8.97. The Hall–Kier alpha value is -0.830. The molecule has 1 aliphatic rings. The lowest BCUT2D eigenvalue weighted by molar-refractivity contribution is -0.120. The van der Waals surface area contributed by atoms with Crippen LogP contribution in [0.3, 0.4) is 0 Å². The summed E-state index contributed by atoms with van der Waals surface area (Å²) < 4.78 is 0. The second kappa shape index (κ2) is 4.26. The van der Waals surface area contributed by atoms with E-state index < -0.39 is 0 Å². The lowest BCUT2D eigenvalue weighted by Gasteiger charge is -2.09. The first kappa shape index (κ1) is 9.26. The summed E-state index contributed by atoms with van der Waals surface area (Å²) >= 11 is 0. The van der Waals surface area contributed by atoms with Crippen molar-refractivity contribution >= 4 is 5.91 Å². The van der Waals surface area contributed by atoms with E-state index in [1.54, 1.807) is 6.08 Å². The summed E-state index contributed by atoms with van der Waals surface area (Å²) in [4.78, 5) is 10.9. The Balaban J connectivity index is 2.06. The van der Waals surface area contributed by atoms with Crippen LogP contribution in [-0.2, 0) is 4.79 Å². The minimum absolute atomic E-state index is 0.0651. The lowest BCUT2D eigenvalue weighted by atomic mass is 10.2. The Labute approximate surface area is 72.5 Å². The maximum absolute atomic E-state index is 10.9. The van der Waals surface area contributed by atoms with Crippen LogP contribution in [0.2, 0.25) is 0 Å². The fourth-order valence-electron chi connectivity index (χ4n) is 1.07. The van der Waals surface area contributed by atoms with E-state index in [0.717, 1.165) is 12.8 Å². The Morgan fingerprint density at radius 3 is 2.92 bits per heavy atom. The second-order valence-electron chi connectivity index (χ2n) is 3.20. The van der Waals surface area contributed by atoms with Gasteiger partial charge in [0.15, 0.2) is 0 Å². The van der Waals surface area contributed by atoms with E-state index in [0.29, 0.717) is 18.9 Å². The maximum Gasteiger partial charge on any atom is 0.223 e. The molecule has 2 N–H and O–H groups in total. The van der Waals surface area contributed by atoms with Crippen LogP contribution in [0.4, 0.5) is 0 Å². The standard InChI is InChI=1S/C9H15NO2/c1-2-3-9(12)10-6-8(11)7-4-5-7/h2,7-8,11H,1,3-6H2,(H,10,12). The van der Waals surface area contributed by atoms with Crippen LogP contribution in [0.5, 0.6) is 0 Å². The highest BCUT2D eigenvalue weighted by atomic mass is 16.3. The molecular formula is C9H15NO2. The second-order valence-corrected chi connectivity index (χ2v) is 3.20. The quantitative estimate of drug-likeness (QED) is 0.587. The Bertz CT molecular complexity index is 175. The van der Waals surface area contributed by atoms with Gasteiger partial charge in [0.05, 0.1) is 6.10 Å². The van der Waals surface area contributed by atoms with Gasteiger partial charge >= 0.3 is 0 Å². The predicted octanol–water partition coefficient (Wildman–Crippen LogP) is 0.450. The fourth-order valence-corrected chi connectivity index (χ4v) is 1.07. The molecule has 12 heavy (non-hydrogen) atoms. The molecule has 0 spiro atoms. The molecule has 1 fully saturated rings. The summed E-state index contributed by atoms with van der Waals surface area (Å²) in [5, 5.41) is 12.0. The number of carbonyl (C=O) groups is 1. The predicted molar refractivity (Wildman–Crippen MR) is 46.6 cm³/mol. The number of hydrogen-bond donors (Lipinski definition) is 2. The zero-order valence-electron chi connectivity index (χ0n) is 7.12. The van der Waals surface area contributed by atoms with Gasteiger partial charge in [-0.25, -0.2) is 0 Å². The van der Waals surface area contributed by atoms with Crippen LogP contribution in [0.25, 0.3) is 0 Å². The minimum Gasteiger partial charge on any atom is -0.391 e. The molecule has 3 heteroatoms. The maximum atomic E-state index is 10.9. The van der Waals surface area contributed by atoms with Gasteiger partial charge in [0, 0.05) is 13.0 Å². The molecule has 0 heterocycles. The van der Waals surface area contributed by atoms with E-state index >= 15 is 0 Å². The van der Waals surface area contributed by atoms with Crippen molar-refractivity contribution in [3.8, 4) is 0 Å². The Morgan fingerprint density at radius 2 is 2.42 bits per heavy atom. The van der Waals surface area contributed by atoms with E-state index in [1.807, 2.05) is 0 Å². The van der Waals surface area contributed by atoms with Crippen LogP contribution in [0, 0.1) is 5.92 Å². The first-order chi connectivity index (χ1) is 5.74. The van der Waals surface area contributed by atoms with E-state index in [-0.39, 0.29) is 12.0 Å². The van der Waals surface area contributed by atoms with Gasteiger partial charge in [-0.2, -0.15) is 0 Å². The van der Waals surface area contributed by atoms with Crippen molar-refractivity contribution in [1.82, 2.24) is 5.32 Å². The van der Waals surface area contributed by atoms with Crippen molar-refractivity contribution in [1.29, 1.82) is 0 Å². The Kier molecular flexibility index (Phi) is 3.29. The summed E-state index contributed by atoms with van der Waals surface area (Å²) in [6.07, 6.45) is 3.73. The third-order valence-corrected chi connectivity index (χ3v) is 2.00. The molecule has 0 bridgehead atoms. The highest BCUT2D eigenvalue weighted by Gasteiger charge is 2.29. The molecule has 1 rings (SSSR count). The summed E-state index contributed by atoms with van der Waals surface area (Å²) in [7, 11) is 0. The fraction of sp³-hybridized carbons (Fsp3) is 0.667. The average molecular weight is 169 g/mol. The molecule has 0 aromatic carbocycles. The van der Waals surface area contributed by atoms with Crippen molar-refractivity contribution in [3.63, 3.8) is 0 Å². The molecule has 1 atom stereocenters. The molecule has 1 aliphatic carbocycles. The number of rotatable bonds is 5. The number of amides is 1. The topological polar surface area (TPSA) is 49.3 Å². The highest BCUT2D eigenvalue weighted by molar-refractivity contribution is 5.77. The van der Waals surface area contributed by atoms with E-state index in [4.69, 9.17) is 0 Å². The molecular weight excluding hydrogens is 154 g/mol. The number of aliphatic hydroxyl groups excluding tert-OH is 1. The van der Waals surface area contributed by atoms with Gasteiger partial charge < -0.3 is 10.4 Å². The van der Waals surface area contributed by atoms with Crippen LogP contribution < -0.4 is 5.32 Å². The summed E-state index contributed by atoms with van der Waals surface area (Å²) in [6, 6.07) is 0. The van der Waals surface area contributed by atoms with E-state index in [9.17, 15) is 9.90 Å². The molecule has 0 saturated heterocycles. The van der Waals surface area contributed by atoms with Crippen molar-refractivity contribution < 1.29 is 9.90 Å². The SMILES string of the molecule is C=CCC(=O)NCC(O)C1CC1. The summed E-state index contributed by atoms with van der Waals surface area (Å²) in [5.41, 5.74) is 0. The van der Waals surface area contributed by atoms with Crippen molar-refractivity contribution in [2.45, 2.75) is 25.4 Å². The van der Waals surface area contributed by atoms with Crippen LogP contribution >= 0.6 is 0 Å². The molecule has 0 radical (unpaired) electrons. The number of carbonyl (C=O) groups excluding carboxylic acids is 1. The number of nitrogens with one attached hydrogen (secondary N) is 1. The normalized spacial score (nSPS) is 18.4. The smallest absolute Gasteiger partial charge is 0.223 e. The van der Waals surface area contributed by atoms with Gasteiger partial charge in [-0.3, -0.25) is 4.79 Å². The summed E-state index contributed by atoms with van der Waals surface area (Å²) in [6.45, 7) is 3.84. The number of hydrogen-bond acceptors (Lipinski definition) is 2. The lowest BCUT2D eigenvalue weighted by Crippen LogP contribution is -2.32. The van der Waals surface area contributed by atoms with E-state index in [2.05, 4.69) is 11.9 Å². The minimum atomic E-state index is -0.348. The molecule has 3 nitrogen and oxygen atoms in total. The molecule has 0 aromatic heterocycles. The van der Waals surface area contributed by atoms with Crippen molar-refractivity contribution in [3.05, 3.63) is 12.7 Å². The zero-order valence-corrected chi connectivity index (χ0v) is 7.12. The monoisotopic (exact) mass is 169 g/mol. The van der Waals surface area contributed by atoms with Crippen molar-refractivity contribution in [2.75, 3.05) is 6.54 Å². The average Bonchev–Trinajstić information content (AvgIpc) is 2.83. The summed E-state index contributed by atoms with van der Waals surface area (Å²) in [5.74, 6) is 0.360. The van der Waals surface area contributed by atoms with Crippen LogP contribution in [0.1, 0.15) is 19.3 Å². The first-order valence-corrected chi connectivity index (χ1v) is 4.29. The highest BCUT2D eigenvalue weighted by Crippen LogP contribution is 2.32.